The van der Waals surface area contributed by atoms with Crippen LogP contribution in [0.3, 0.4) is 0 Å². The second-order valence-corrected chi connectivity index (χ2v) is 5.28. The summed E-state index contributed by atoms with van der Waals surface area (Å²) >= 11 is 0. The number of ketones is 1. The van der Waals surface area contributed by atoms with Crippen molar-refractivity contribution < 1.29 is 42.2 Å². The number of fused-ring (bicyclic) bond motifs is 1. The molecule has 0 saturated heterocycles. The SMILES string of the molecule is CCC(=O)CCOc1cccc2ncnc(Nc3c[c-]ccc3)c12.[Y]. The van der Waals surface area contributed by atoms with Crippen LogP contribution in [-0.4, -0.2) is 22.4 Å². The standard InChI is InChI=1S/C19H18N3O2.Y/c1-2-15(23)11-12-24-17-10-6-9-16-18(17)19(21-13-20-16)22-14-7-4-3-5-8-14;/h3-4,6-10,13H,2,11-12H2,1H3,(H,20,21,22);/q-1;. The summed E-state index contributed by atoms with van der Waals surface area (Å²) in [7, 11) is 0. The Kier molecular flexibility index (Phi) is 7.47. The number of hydrogen-bond donors (Lipinski definition) is 1. The molecule has 1 radical (unpaired) electrons. The van der Waals surface area contributed by atoms with Crippen molar-refractivity contribution in [1.82, 2.24) is 9.97 Å². The zero-order valence-electron chi connectivity index (χ0n) is 14.0. The smallest absolute Gasteiger partial charge is 0.136 e. The van der Waals surface area contributed by atoms with E-state index in [-0.39, 0.29) is 38.5 Å². The predicted molar refractivity (Wildman–Crippen MR) is 93.5 cm³/mol. The van der Waals surface area contributed by atoms with Crippen LogP contribution in [0.1, 0.15) is 19.8 Å². The molecule has 0 spiro atoms. The van der Waals surface area contributed by atoms with E-state index in [9.17, 15) is 4.79 Å². The third-order valence-corrected chi connectivity index (χ3v) is 3.63. The van der Waals surface area contributed by atoms with Crippen LogP contribution < -0.4 is 10.1 Å². The molecule has 1 aromatic heterocycles. The molecule has 5 nitrogen and oxygen atoms in total. The van der Waals surface area contributed by atoms with Gasteiger partial charge in [-0.2, -0.15) is 24.3 Å². The molecule has 25 heavy (non-hydrogen) atoms. The third-order valence-electron chi connectivity index (χ3n) is 3.63. The van der Waals surface area contributed by atoms with Crippen molar-refractivity contribution in [2.24, 2.45) is 0 Å². The number of nitrogens with zero attached hydrogens (tertiary/aromatic N) is 2. The summed E-state index contributed by atoms with van der Waals surface area (Å²) in [5.74, 6) is 1.51. The van der Waals surface area contributed by atoms with Crippen LogP contribution in [0.2, 0.25) is 0 Å². The molecule has 1 heterocycles. The molecule has 0 bridgehead atoms. The van der Waals surface area contributed by atoms with E-state index in [0.717, 1.165) is 16.6 Å². The minimum atomic E-state index is 0. The monoisotopic (exact) mass is 409 g/mol. The van der Waals surface area contributed by atoms with E-state index >= 15 is 0 Å². The van der Waals surface area contributed by atoms with Crippen molar-refractivity contribution in [2.75, 3.05) is 11.9 Å². The molecule has 0 aliphatic carbocycles. The summed E-state index contributed by atoms with van der Waals surface area (Å²) in [6, 6.07) is 16.2. The van der Waals surface area contributed by atoms with Crippen LogP contribution in [0.5, 0.6) is 5.75 Å². The van der Waals surface area contributed by atoms with Gasteiger partial charge in [0.1, 0.15) is 23.7 Å². The minimum Gasteiger partial charge on any atom is -0.492 e. The van der Waals surface area contributed by atoms with Gasteiger partial charge < -0.3 is 10.1 Å². The number of rotatable bonds is 7. The Morgan fingerprint density at radius 3 is 2.88 bits per heavy atom. The average Bonchev–Trinajstić information content (AvgIpc) is 2.62. The molecule has 0 aliphatic heterocycles. The molecule has 0 aliphatic rings. The van der Waals surface area contributed by atoms with Gasteiger partial charge in [0.05, 0.1) is 17.5 Å². The van der Waals surface area contributed by atoms with Gasteiger partial charge in [-0.3, -0.25) is 4.79 Å². The van der Waals surface area contributed by atoms with Crippen LogP contribution in [-0.2, 0) is 37.5 Å². The van der Waals surface area contributed by atoms with Crippen molar-refractivity contribution in [3.63, 3.8) is 0 Å². The van der Waals surface area contributed by atoms with Crippen LogP contribution in [0.15, 0.2) is 48.8 Å². The second kappa shape index (κ2) is 9.59. The fraction of sp³-hybridized carbons (Fsp3) is 0.211. The van der Waals surface area contributed by atoms with Gasteiger partial charge in [0.2, 0.25) is 0 Å². The molecule has 1 N–H and O–H groups in total. The van der Waals surface area contributed by atoms with E-state index in [4.69, 9.17) is 4.74 Å². The number of aromatic nitrogens is 2. The predicted octanol–water partition coefficient (Wildman–Crippen LogP) is 3.92. The molecule has 125 valence electrons. The number of carbonyl (C=O) groups excluding carboxylic acids is 1. The van der Waals surface area contributed by atoms with Crippen molar-refractivity contribution in [3.05, 3.63) is 54.9 Å². The topological polar surface area (TPSA) is 64.1 Å². The summed E-state index contributed by atoms with van der Waals surface area (Å²) in [4.78, 5) is 20.1. The number of hydrogen-bond acceptors (Lipinski definition) is 5. The van der Waals surface area contributed by atoms with Gasteiger partial charge in [-0.15, -0.1) is 6.07 Å². The Morgan fingerprint density at radius 2 is 2.12 bits per heavy atom. The van der Waals surface area contributed by atoms with Crippen LogP contribution in [0, 0.1) is 6.07 Å². The quantitative estimate of drug-likeness (QED) is 0.600. The molecular formula is C19H18N3O2Y-. The summed E-state index contributed by atoms with van der Waals surface area (Å²) in [5, 5.41) is 4.07. The number of Topliss-reactive ketones (excluding diaryl/α,β-unsaturated/α-hetero) is 1. The number of ether oxygens (including phenoxy) is 1. The van der Waals surface area contributed by atoms with E-state index < -0.39 is 0 Å². The van der Waals surface area contributed by atoms with Crippen molar-refractivity contribution in [3.8, 4) is 5.75 Å². The van der Waals surface area contributed by atoms with E-state index in [2.05, 4.69) is 21.4 Å². The van der Waals surface area contributed by atoms with Gasteiger partial charge in [-0.25, -0.2) is 9.97 Å². The maximum atomic E-state index is 11.5. The van der Waals surface area contributed by atoms with Gasteiger partial charge >= 0.3 is 0 Å². The zero-order valence-corrected chi connectivity index (χ0v) is 16.9. The van der Waals surface area contributed by atoms with Gasteiger partial charge in [0, 0.05) is 45.6 Å². The van der Waals surface area contributed by atoms with Gasteiger partial charge in [-0.05, 0) is 12.1 Å². The van der Waals surface area contributed by atoms with Crippen molar-refractivity contribution in [2.45, 2.75) is 19.8 Å². The van der Waals surface area contributed by atoms with E-state index in [1.165, 1.54) is 6.33 Å². The summed E-state index contributed by atoms with van der Waals surface area (Å²) in [5.41, 5.74) is 1.67. The number of nitrogens with one attached hydrogen (secondary N) is 1. The average molecular weight is 409 g/mol. The van der Waals surface area contributed by atoms with Crippen molar-refractivity contribution in [1.29, 1.82) is 0 Å². The van der Waals surface area contributed by atoms with Crippen LogP contribution in [0.25, 0.3) is 10.9 Å². The number of anilines is 2. The first-order valence-corrected chi connectivity index (χ1v) is 7.89. The first kappa shape index (κ1) is 19.5. The molecular weight excluding hydrogens is 391 g/mol. The fourth-order valence-corrected chi connectivity index (χ4v) is 2.35. The molecule has 6 heteroatoms. The maximum absolute atomic E-state index is 11.5. The van der Waals surface area contributed by atoms with Gasteiger partial charge in [0.15, 0.2) is 0 Å². The maximum Gasteiger partial charge on any atom is 0.136 e. The third kappa shape index (κ3) is 5.06. The molecule has 0 saturated carbocycles. The van der Waals surface area contributed by atoms with Crippen LogP contribution in [0.4, 0.5) is 11.5 Å². The molecule has 2 aromatic carbocycles. The largest absolute Gasteiger partial charge is 0.492 e. The summed E-state index contributed by atoms with van der Waals surface area (Å²) in [6.07, 6.45) is 2.44. The molecule has 0 amide bonds. The van der Waals surface area contributed by atoms with E-state index in [1.54, 1.807) is 0 Å². The number of carbonyl (C=O) groups is 1. The molecule has 0 fully saturated rings. The molecule has 0 unspecified atom stereocenters. The van der Waals surface area contributed by atoms with E-state index in [1.807, 2.05) is 49.4 Å². The normalized spacial score (nSPS) is 10.1. The first-order chi connectivity index (χ1) is 11.8. The Morgan fingerprint density at radius 1 is 1.24 bits per heavy atom. The summed E-state index contributed by atoms with van der Waals surface area (Å²) < 4.78 is 5.82. The zero-order chi connectivity index (χ0) is 16.8. The van der Waals surface area contributed by atoms with Crippen molar-refractivity contribution >= 4 is 28.2 Å². The minimum absolute atomic E-state index is 0. The Bertz CT molecular complexity index is 835. The molecule has 3 aromatic rings. The van der Waals surface area contributed by atoms with Gasteiger partial charge in [-0.1, -0.05) is 18.7 Å². The second-order valence-electron chi connectivity index (χ2n) is 5.28. The number of benzene rings is 2. The Labute approximate surface area is 172 Å². The summed E-state index contributed by atoms with van der Waals surface area (Å²) in [6.45, 7) is 2.20. The van der Waals surface area contributed by atoms with E-state index in [0.29, 0.717) is 31.0 Å². The molecule has 3 rings (SSSR count). The molecule has 0 atom stereocenters. The Balaban J connectivity index is 0.00000225. The Hall–Kier alpha value is -1.85. The van der Waals surface area contributed by atoms with Gasteiger partial charge in [0.25, 0.3) is 0 Å². The first-order valence-electron chi connectivity index (χ1n) is 7.89. The fourth-order valence-electron chi connectivity index (χ4n) is 2.35. The van der Waals surface area contributed by atoms with Crippen LogP contribution >= 0.6 is 0 Å².